The van der Waals surface area contributed by atoms with Gasteiger partial charge >= 0.3 is 11.7 Å². The number of aromatic nitrogens is 1. The van der Waals surface area contributed by atoms with Gasteiger partial charge in [-0.2, -0.15) is 0 Å². The fourth-order valence-corrected chi connectivity index (χ4v) is 1.79. The van der Waals surface area contributed by atoms with Crippen LogP contribution < -0.4 is 4.74 Å². The Morgan fingerprint density at radius 1 is 1.52 bits per heavy atom. The summed E-state index contributed by atoms with van der Waals surface area (Å²) in [5, 5.41) is 14.5. The third-order valence-electron chi connectivity index (χ3n) is 2.79. The number of hydrogen-bond donors (Lipinski definition) is 0. The first kappa shape index (κ1) is 14.6. The van der Waals surface area contributed by atoms with Crippen LogP contribution in [0.5, 0.6) is 5.75 Å². The highest BCUT2D eigenvalue weighted by Gasteiger charge is 2.25. The molecule has 0 saturated heterocycles. The van der Waals surface area contributed by atoms with E-state index >= 15 is 0 Å². The van der Waals surface area contributed by atoms with Crippen LogP contribution in [0.1, 0.15) is 28.7 Å². The van der Waals surface area contributed by atoms with E-state index in [1.807, 2.05) is 0 Å². The van der Waals surface area contributed by atoms with E-state index in [1.54, 1.807) is 6.92 Å². The van der Waals surface area contributed by atoms with Crippen LogP contribution in [0, 0.1) is 22.9 Å². The lowest BCUT2D eigenvalue weighted by atomic mass is 10.1. The average molecular weight is 294 g/mol. The van der Waals surface area contributed by atoms with E-state index in [-0.39, 0.29) is 11.3 Å². The van der Waals surface area contributed by atoms with Crippen molar-refractivity contribution in [3.8, 4) is 5.75 Å². The zero-order valence-electron chi connectivity index (χ0n) is 11.3. The van der Waals surface area contributed by atoms with E-state index in [1.165, 1.54) is 6.92 Å². The number of halogens is 1. The molecule has 0 aliphatic heterocycles. The van der Waals surface area contributed by atoms with Gasteiger partial charge in [0.15, 0.2) is 0 Å². The van der Waals surface area contributed by atoms with E-state index in [2.05, 4.69) is 5.16 Å². The lowest BCUT2D eigenvalue weighted by Gasteiger charge is -2.05. The fourth-order valence-electron chi connectivity index (χ4n) is 1.79. The van der Waals surface area contributed by atoms with Gasteiger partial charge in [0.25, 0.3) is 0 Å². The van der Waals surface area contributed by atoms with Gasteiger partial charge < -0.3 is 9.26 Å². The summed E-state index contributed by atoms with van der Waals surface area (Å²) in [5.74, 6) is -1.86. The molecule has 8 heteroatoms. The maximum absolute atomic E-state index is 13.2. The van der Waals surface area contributed by atoms with Gasteiger partial charge in [0.1, 0.15) is 17.1 Å². The Morgan fingerprint density at radius 3 is 2.86 bits per heavy atom. The van der Waals surface area contributed by atoms with Crippen LogP contribution in [0.25, 0.3) is 0 Å². The topological polar surface area (TPSA) is 95.5 Å². The van der Waals surface area contributed by atoms with Crippen molar-refractivity contribution in [2.75, 3.05) is 0 Å². The molecule has 0 atom stereocenters. The van der Waals surface area contributed by atoms with Crippen molar-refractivity contribution >= 4 is 11.7 Å². The van der Waals surface area contributed by atoms with E-state index < -0.39 is 28.1 Å². The molecular formula is C13H11FN2O5. The van der Waals surface area contributed by atoms with Crippen LogP contribution >= 0.6 is 0 Å². The van der Waals surface area contributed by atoms with Crippen LogP contribution in [-0.2, 0) is 6.42 Å². The van der Waals surface area contributed by atoms with Crippen LogP contribution in [0.15, 0.2) is 22.7 Å². The maximum Gasteiger partial charge on any atom is 0.349 e. The summed E-state index contributed by atoms with van der Waals surface area (Å²) < 4.78 is 23.0. The van der Waals surface area contributed by atoms with E-state index in [4.69, 9.17) is 9.26 Å². The zero-order valence-corrected chi connectivity index (χ0v) is 11.3. The molecule has 0 aliphatic carbocycles. The SMILES string of the molecule is CCc1noc(C)c1C(=O)Oc1cc(F)ccc1[N+](=O)[O-]. The first-order valence-corrected chi connectivity index (χ1v) is 6.05. The van der Waals surface area contributed by atoms with Gasteiger partial charge in [-0.25, -0.2) is 9.18 Å². The third-order valence-corrected chi connectivity index (χ3v) is 2.79. The van der Waals surface area contributed by atoms with Crippen molar-refractivity contribution in [3.63, 3.8) is 0 Å². The number of esters is 1. The third kappa shape index (κ3) is 2.88. The van der Waals surface area contributed by atoms with Crippen molar-refractivity contribution in [1.29, 1.82) is 0 Å². The maximum atomic E-state index is 13.2. The minimum atomic E-state index is -0.876. The Hall–Kier alpha value is -2.77. The number of nitro benzene ring substituents is 1. The number of rotatable bonds is 4. The summed E-state index contributed by atoms with van der Waals surface area (Å²) in [6.07, 6.45) is 0.424. The highest BCUT2D eigenvalue weighted by Crippen LogP contribution is 2.29. The summed E-state index contributed by atoms with van der Waals surface area (Å²) in [7, 11) is 0. The fraction of sp³-hybridized carbons (Fsp3) is 0.231. The Labute approximate surface area is 118 Å². The second-order valence-electron chi connectivity index (χ2n) is 4.17. The van der Waals surface area contributed by atoms with Crippen LogP contribution in [0.2, 0.25) is 0 Å². The number of nitro groups is 1. The molecule has 2 rings (SSSR count). The first-order valence-electron chi connectivity index (χ1n) is 6.05. The Kier molecular flexibility index (Phi) is 3.97. The van der Waals surface area contributed by atoms with E-state index in [0.717, 1.165) is 18.2 Å². The predicted molar refractivity (Wildman–Crippen MR) is 68.6 cm³/mol. The monoisotopic (exact) mass is 294 g/mol. The second-order valence-corrected chi connectivity index (χ2v) is 4.17. The lowest BCUT2D eigenvalue weighted by molar-refractivity contribution is -0.385. The number of aryl methyl sites for hydroxylation is 2. The van der Waals surface area contributed by atoms with Crippen molar-refractivity contribution in [3.05, 3.63) is 51.1 Å². The Morgan fingerprint density at radius 2 is 2.24 bits per heavy atom. The largest absolute Gasteiger partial charge is 0.415 e. The second kappa shape index (κ2) is 5.70. The Balaban J connectivity index is 2.38. The summed E-state index contributed by atoms with van der Waals surface area (Å²) in [4.78, 5) is 22.2. The smallest absolute Gasteiger partial charge is 0.349 e. The van der Waals surface area contributed by atoms with Gasteiger partial charge in [0, 0.05) is 12.1 Å². The van der Waals surface area contributed by atoms with Gasteiger partial charge in [-0.1, -0.05) is 12.1 Å². The molecule has 1 heterocycles. The first-order chi connectivity index (χ1) is 9.93. The highest BCUT2D eigenvalue weighted by molar-refractivity contribution is 5.93. The standard InChI is InChI=1S/C13H11FN2O5/c1-3-9-12(7(2)21-15-9)13(17)20-11-6-8(14)4-5-10(11)16(18)19/h4-6H,3H2,1-2H3. The van der Waals surface area contributed by atoms with Crippen LogP contribution in [0.3, 0.4) is 0 Å². The highest BCUT2D eigenvalue weighted by atomic mass is 19.1. The quantitative estimate of drug-likeness (QED) is 0.372. The molecule has 0 fully saturated rings. The average Bonchev–Trinajstić information content (AvgIpc) is 2.79. The van der Waals surface area contributed by atoms with E-state index in [9.17, 15) is 19.3 Å². The molecule has 0 unspecified atom stereocenters. The van der Waals surface area contributed by atoms with Gasteiger partial charge in [-0.05, 0) is 19.4 Å². The van der Waals surface area contributed by atoms with Crippen molar-refractivity contribution in [2.24, 2.45) is 0 Å². The van der Waals surface area contributed by atoms with Crippen LogP contribution in [-0.4, -0.2) is 16.0 Å². The molecule has 0 radical (unpaired) electrons. The predicted octanol–water partition coefficient (Wildman–Crippen LogP) is 2.81. The number of ether oxygens (including phenoxy) is 1. The van der Waals surface area contributed by atoms with E-state index in [0.29, 0.717) is 12.1 Å². The lowest BCUT2D eigenvalue weighted by Crippen LogP contribution is -2.12. The molecule has 0 saturated carbocycles. The molecule has 2 aromatic rings. The summed E-state index contributed by atoms with van der Waals surface area (Å²) in [6.45, 7) is 3.28. The molecule has 7 nitrogen and oxygen atoms in total. The molecule has 0 N–H and O–H groups in total. The van der Waals surface area contributed by atoms with Crippen LogP contribution in [0.4, 0.5) is 10.1 Å². The molecule has 1 aromatic carbocycles. The molecule has 0 amide bonds. The van der Waals surface area contributed by atoms with Gasteiger partial charge in [0.05, 0.1) is 10.6 Å². The molecule has 0 aliphatic rings. The van der Waals surface area contributed by atoms with Gasteiger partial charge in [-0.15, -0.1) is 0 Å². The van der Waals surface area contributed by atoms with Gasteiger partial charge in [-0.3, -0.25) is 10.1 Å². The number of carbonyl (C=O) groups excluding carboxylic acids is 1. The van der Waals surface area contributed by atoms with Crippen molar-refractivity contribution < 1.29 is 23.4 Å². The molecule has 110 valence electrons. The Bertz CT molecular complexity index is 711. The number of hydrogen-bond acceptors (Lipinski definition) is 6. The summed E-state index contributed by atoms with van der Waals surface area (Å²) in [5.41, 5.74) is -0.0375. The normalized spacial score (nSPS) is 10.4. The molecule has 21 heavy (non-hydrogen) atoms. The minimum absolute atomic E-state index is 0.0936. The molecule has 1 aromatic heterocycles. The summed E-state index contributed by atoms with van der Waals surface area (Å²) in [6, 6.07) is 2.63. The number of benzene rings is 1. The van der Waals surface area contributed by atoms with Crippen molar-refractivity contribution in [2.45, 2.75) is 20.3 Å². The minimum Gasteiger partial charge on any atom is -0.415 e. The molecule has 0 bridgehead atoms. The van der Waals surface area contributed by atoms with Crippen molar-refractivity contribution in [1.82, 2.24) is 5.16 Å². The molecule has 0 spiro atoms. The van der Waals surface area contributed by atoms with Gasteiger partial charge in [0.2, 0.25) is 5.75 Å². The number of carbonyl (C=O) groups is 1. The number of nitrogens with zero attached hydrogens (tertiary/aromatic N) is 2. The zero-order chi connectivity index (χ0) is 15.6. The molecular weight excluding hydrogens is 283 g/mol. The summed E-state index contributed by atoms with van der Waals surface area (Å²) >= 11 is 0.